The number of aliphatic hydroxyl groups excluding tert-OH is 2. The Bertz CT molecular complexity index is 970. The van der Waals surface area contributed by atoms with Gasteiger partial charge in [-0.3, -0.25) is 4.79 Å². The normalized spacial score (nSPS) is 24.1. The lowest BCUT2D eigenvalue weighted by Gasteiger charge is -2.22. The fraction of sp³-hybridized carbons (Fsp3) is 0.462. The number of fused-ring (bicyclic) bond motifs is 1. The van der Waals surface area contributed by atoms with E-state index in [1.54, 1.807) is 37.3 Å². The maximum atomic E-state index is 12.9. The number of Topliss-reactive ketones (excluding diaryl/α,β-unsaturated/α-hetero) is 1. The minimum absolute atomic E-state index is 0.0553. The number of carboxylic acid groups (broad SMARTS) is 1. The molecule has 1 saturated carbocycles. The first-order valence-electron chi connectivity index (χ1n) is 11.2. The molecular formula is C26H32O5S. The summed E-state index contributed by atoms with van der Waals surface area (Å²) < 4.78 is 1.19. The standard InChI is InChI=1S/C26H32O5S/c1-26(2)24(30)20(10-5-3-4-6-12-23(28)29)21(25(26)31)14-13-18(27)16-19-15-17-9-7-8-11-22(17)32-19/h6-9,11-15,18,20-21,25,27,31H,3-5,10,16H2,1-2H3,(H,28,29)/b12-6+,14-13+/t18?,20-,21-,25+/m1/s1. The molecule has 1 unspecified atom stereocenters. The van der Waals surface area contributed by atoms with Gasteiger partial charge in [0.15, 0.2) is 0 Å². The Kier molecular flexibility index (Phi) is 8.04. The number of thiophene rings is 1. The second kappa shape index (κ2) is 10.6. The zero-order valence-corrected chi connectivity index (χ0v) is 19.4. The highest BCUT2D eigenvalue weighted by Gasteiger charge is 2.52. The maximum absolute atomic E-state index is 12.9. The van der Waals surface area contributed by atoms with Gasteiger partial charge in [-0.05, 0) is 36.8 Å². The van der Waals surface area contributed by atoms with Crippen molar-refractivity contribution < 1.29 is 24.9 Å². The van der Waals surface area contributed by atoms with Crippen LogP contribution in [-0.4, -0.2) is 39.3 Å². The van der Waals surface area contributed by atoms with Crippen molar-refractivity contribution in [2.75, 3.05) is 0 Å². The summed E-state index contributed by atoms with van der Waals surface area (Å²) in [5.74, 6) is -1.53. The summed E-state index contributed by atoms with van der Waals surface area (Å²) in [4.78, 5) is 24.6. The molecule has 1 aliphatic carbocycles. The molecule has 1 aliphatic rings. The summed E-state index contributed by atoms with van der Waals surface area (Å²) in [6.45, 7) is 3.56. The van der Waals surface area contributed by atoms with E-state index in [4.69, 9.17) is 5.11 Å². The molecule has 3 rings (SSSR count). The molecule has 3 N–H and O–H groups in total. The van der Waals surface area contributed by atoms with Crippen LogP contribution < -0.4 is 0 Å². The number of carboxylic acids is 1. The van der Waals surface area contributed by atoms with Gasteiger partial charge in [0.05, 0.1) is 17.6 Å². The molecule has 0 saturated heterocycles. The van der Waals surface area contributed by atoms with E-state index in [1.807, 2.05) is 18.2 Å². The van der Waals surface area contributed by atoms with Crippen LogP contribution in [0.2, 0.25) is 0 Å². The predicted molar refractivity (Wildman–Crippen MR) is 128 cm³/mol. The van der Waals surface area contributed by atoms with E-state index in [9.17, 15) is 19.8 Å². The van der Waals surface area contributed by atoms with Crippen LogP contribution in [0.3, 0.4) is 0 Å². The molecule has 0 spiro atoms. The molecule has 1 aromatic carbocycles. The van der Waals surface area contributed by atoms with Crippen LogP contribution in [-0.2, 0) is 16.0 Å². The Morgan fingerprint density at radius 2 is 2.00 bits per heavy atom. The second-order valence-corrected chi connectivity index (χ2v) is 10.3. The van der Waals surface area contributed by atoms with Gasteiger partial charge >= 0.3 is 5.97 Å². The van der Waals surface area contributed by atoms with Crippen LogP contribution >= 0.6 is 11.3 Å². The minimum Gasteiger partial charge on any atom is -0.478 e. The van der Waals surface area contributed by atoms with Gasteiger partial charge in [0.2, 0.25) is 0 Å². The van der Waals surface area contributed by atoms with Gasteiger partial charge in [-0.1, -0.05) is 56.7 Å². The molecule has 0 radical (unpaired) electrons. The number of benzene rings is 1. The highest BCUT2D eigenvalue weighted by atomic mass is 32.1. The highest BCUT2D eigenvalue weighted by Crippen LogP contribution is 2.45. The molecule has 0 aliphatic heterocycles. The van der Waals surface area contributed by atoms with Gasteiger partial charge < -0.3 is 15.3 Å². The van der Waals surface area contributed by atoms with Crippen molar-refractivity contribution in [1.29, 1.82) is 0 Å². The van der Waals surface area contributed by atoms with Gasteiger partial charge in [0.1, 0.15) is 5.78 Å². The van der Waals surface area contributed by atoms with E-state index >= 15 is 0 Å². The molecule has 0 amide bonds. The van der Waals surface area contributed by atoms with E-state index in [2.05, 4.69) is 18.2 Å². The van der Waals surface area contributed by atoms with Crippen LogP contribution in [0, 0.1) is 17.3 Å². The third-order valence-corrected chi connectivity index (χ3v) is 7.52. The molecule has 1 aromatic heterocycles. The average Bonchev–Trinajstić information content (AvgIpc) is 3.21. The largest absolute Gasteiger partial charge is 0.478 e. The fourth-order valence-electron chi connectivity index (χ4n) is 4.54. The predicted octanol–water partition coefficient (Wildman–Crippen LogP) is 4.76. The lowest BCUT2D eigenvalue weighted by Crippen LogP contribution is -2.31. The van der Waals surface area contributed by atoms with Crippen molar-refractivity contribution in [3.63, 3.8) is 0 Å². The van der Waals surface area contributed by atoms with Crippen LogP contribution in [0.25, 0.3) is 10.1 Å². The molecule has 1 fully saturated rings. The number of hydrogen-bond acceptors (Lipinski definition) is 5. The number of ketones is 1. The summed E-state index contributed by atoms with van der Waals surface area (Å²) in [6.07, 6.45) is 8.17. The molecule has 4 atom stereocenters. The van der Waals surface area contributed by atoms with Crippen LogP contribution in [0.5, 0.6) is 0 Å². The van der Waals surface area contributed by atoms with E-state index in [-0.39, 0.29) is 17.6 Å². The smallest absolute Gasteiger partial charge is 0.327 e. The van der Waals surface area contributed by atoms with Gasteiger partial charge in [-0.25, -0.2) is 4.79 Å². The minimum atomic E-state index is -0.958. The summed E-state index contributed by atoms with van der Waals surface area (Å²) in [5, 5.41) is 31.2. The Hall–Kier alpha value is -2.28. The average molecular weight is 457 g/mol. The molecule has 1 heterocycles. The Balaban J connectivity index is 1.62. The van der Waals surface area contributed by atoms with E-state index in [0.717, 1.165) is 23.8 Å². The fourth-order valence-corrected chi connectivity index (χ4v) is 5.66. The van der Waals surface area contributed by atoms with E-state index in [0.29, 0.717) is 19.3 Å². The quantitative estimate of drug-likeness (QED) is 0.272. The number of unbranched alkanes of at least 4 members (excludes halogenated alkanes) is 2. The zero-order chi connectivity index (χ0) is 23.3. The van der Waals surface area contributed by atoms with Crippen molar-refractivity contribution in [2.24, 2.45) is 17.3 Å². The first kappa shape index (κ1) is 24.4. The lowest BCUT2D eigenvalue weighted by molar-refractivity contribution is -0.131. The van der Waals surface area contributed by atoms with Crippen molar-refractivity contribution in [2.45, 2.75) is 58.2 Å². The van der Waals surface area contributed by atoms with Gasteiger partial charge in [-0.15, -0.1) is 11.3 Å². The Morgan fingerprint density at radius 1 is 1.25 bits per heavy atom. The van der Waals surface area contributed by atoms with Gasteiger partial charge in [0.25, 0.3) is 0 Å². The number of carbonyl (C=O) groups excluding carboxylic acids is 1. The zero-order valence-electron chi connectivity index (χ0n) is 18.6. The molecule has 6 heteroatoms. The number of hydrogen-bond donors (Lipinski definition) is 3. The van der Waals surface area contributed by atoms with Gasteiger partial charge in [0, 0.05) is 33.9 Å². The molecule has 0 bridgehead atoms. The SMILES string of the molecule is CC1(C)C(=O)[C@H](CCCC/C=C/C(=O)O)[C@@H](/C=C/C(O)Cc2cc3ccccc3s2)[C@@H]1O. The van der Waals surface area contributed by atoms with E-state index < -0.39 is 23.6 Å². The number of aliphatic carboxylic acids is 1. The maximum Gasteiger partial charge on any atom is 0.327 e. The second-order valence-electron chi connectivity index (χ2n) is 9.15. The Labute approximate surface area is 193 Å². The molecule has 172 valence electrons. The number of allylic oxidation sites excluding steroid dienone is 1. The summed E-state index contributed by atoms with van der Waals surface area (Å²) in [5.41, 5.74) is -0.820. The topological polar surface area (TPSA) is 94.8 Å². The first-order chi connectivity index (χ1) is 15.2. The summed E-state index contributed by atoms with van der Waals surface area (Å²) in [7, 11) is 0. The molecular weight excluding hydrogens is 424 g/mol. The van der Waals surface area contributed by atoms with Crippen LogP contribution in [0.1, 0.15) is 44.4 Å². The monoisotopic (exact) mass is 456 g/mol. The number of aliphatic hydroxyl groups is 2. The van der Waals surface area contributed by atoms with Crippen molar-refractivity contribution in [3.8, 4) is 0 Å². The van der Waals surface area contributed by atoms with Crippen LogP contribution in [0.15, 0.2) is 54.6 Å². The van der Waals surface area contributed by atoms with E-state index in [1.165, 1.54) is 10.1 Å². The number of carbonyl (C=O) groups is 2. The number of rotatable bonds is 10. The van der Waals surface area contributed by atoms with Crippen molar-refractivity contribution >= 4 is 33.2 Å². The first-order valence-corrected chi connectivity index (χ1v) is 12.0. The summed E-state index contributed by atoms with van der Waals surface area (Å²) in [6, 6.07) is 10.2. The van der Waals surface area contributed by atoms with Crippen LogP contribution in [0.4, 0.5) is 0 Å². The van der Waals surface area contributed by atoms with Crippen molar-refractivity contribution in [3.05, 3.63) is 59.5 Å². The lowest BCUT2D eigenvalue weighted by atomic mass is 9.86. The van der Waals surface area contributed by atoms with Gasteiger partial charge in [-0.2, -0.15) is 0 Å². The van der Waals surface area contributed by atoms with Crippen molar-refractivity contribution in [1.82, 2.24) is 0 Å². The summed E-state index contributed by atoms with van der Waals surface area (Å²) >= 11 is 1.66. The molecule has 5 nitrogen and oxygen atoms in total. The highest BCUT2D eigenvalue weighted by molar-refractivity contribution is 7.19. The third-order valence-electron chi connectivity index (χ3n) is 6.38. The Morgan fingerprint density at radius 3 is 2.72 bits per heavy atom. The molecule has 2 aromatic rings. The third kappa shape index (κ3) is 5.74. The molecule has 32 heavy (non-hydrogen) atoms.